The first-order valence-corrected chi connectivity index (χ1v) is 6.20. The quantitative estimate of drug-likeness (QED) is 0.845. The standard InChI is InChI=1S/C14H21NO/c1-3-11(10(2)15)8-13-9-12-6-4-5-7-14(12)16-13/h4-7,10-11,13H,3,8-9,15H2,1-2H3. The Balaban J connectivity index is 1.96. The average Bonchev–Trinajstić information content (AvgIpc) is 2.67. The fourth-order valence-electron chi connectivity index (χ4n) is 2.48. The number of ether oxygens (including phenoxy) is 1. The lowest BCUT2D eigenvalue weighted by Crippen LogP contribution is -2.30. The number of hydrogen-bond donors (Lipinski definition) is 1. The lowest BCUT2D eigenvalue weighted by Gasteiger charge is -2.22. The Labute approximate surface area is 97.8 Å². The highest BCUT2D eigenvalue weighted by atomic mass is 16.5. The van der Waals surface area contributed by atoms with Gasteiger partial charge in [-0.1, -0.05) is 31.5 Å². The Morgan fingerprint density at radius 1 is 1.44 bits per heavy atom. The van der Waals surface area contributed by atoms with Crippen LogP contribution in [0.2, 0.25) is 0 Å². The number of hydrogen-bond acceptors (Lipinski definition) is 2. The van der Waals surface area contributed by atoms with Gasteiger partial charge in [0.05, 0.1) is 0 Å². The van der Waals surface area contributed by atoms with E-state index in [9.17, 15) is 0 Å². The van der Waals surface area contributed by atoms with Gasteiger partial charge in [0, 0.05) is 12.5 Å². The molecule has 0 fully saturated rings. The minimum atomic E-state index is 0.261. The van der Waals surface area contributed by atoms with Gasteiger partial charge in [0.2, 0.25) is 0 Å². The summed E-state index contributed by atoms with van der Waals surface area (Å²) in [5.74, 6) is 1.63. The van der Waals surface area contributed by atoms with Crippen molar-refractivity contribution < 1.29 is 4.74 Å². The van der Waals surface area contributed by atoms with Crippen molar-refractivity contribution in [2.45, 2.75) is 45.3 Å². The van der Waals surface area contributed by atoms with E-state index in [0.29, 0.717) is 12.0 Å². The zero-order valence-corrected chi connectivity index (χ0v) is 10.1. The molecule has 2 rings (SSSR count). The number of rotatable bonds is 4. The maximum atomic E-state index is 5.97. The predicted octanol–water partition coefficient (Wildman–Crippen LogP) is 2.75. The Bertz CT molecular complexity index is 323. The smallest absolute Gasteiger partial charge is 0.123 e. The highest BCUT2D eigenvalue weighted by Crippen LogP contribution is 2.31. The molecular weight excluding hydrogens is 198 g/mol. The molecule has 2 nitrogen and oxygen atoms in total. The molecule has 2 heteroatoms. The summed E-state index contributed by atoms with van der Waals surface area (Å²) < 4.78 is 5.93. The van der Waals surface area contributed by atoms with Crippen molar-refractivity contribution in [3.05, 3.63) is 29.8 Å². The normalized spacial score (nSPS) is 22.3. The molecule has 0 radical (unpaired) electrons. The van der Waals surface area contributed by atoms with Crippen molar-refractivity contribution in [3.63, 3.8) is 0 Å². The van der Waals surface area contributed by atoms with Gasteiger partial charge in [-0.2, -0.15) is 0 Å². The SMILES string of the molecule is CCC(CC1Cc2ccccc2O1)C(C)N. The maximum absolute atomic E-state index is 5.97. The molecule has 1 aromatic rings. The fourth-order valence-corrected chi connectivity index (χ4v) is 2.48. The Kier molecular flexibility index (Phi) is 3.49. The monoisotopic (exact) mass is 219 g/mol. The van der Waals surface area contributed by atoms with Crippen LogP contribution in [-0.2, 0) is 6.42 Å². The molecule has 1 aromatic carbocycles. The van der Waals surface area contributed by atoms with Crippen LogP contribution in [0.4, 0.5) is 0 Å². The van der Waals surface area contributed by atoms with Crippen LogP contribution in [0.3, 0.4) is 0 Å². The van der Waals surface area contributed by atoms with Crippen LogP contribution >= 0.6 is 0 Å². The fraction of sp³-hybridized carbons (Fsp3) is 0.571. The van der Waals surface area contributed by atoms with Crippen LogP contribution in [-0.4, -0.2) is 12.1 Å². The van der Waals surface area contributed by atoms with E-state index in [0.717, 1.165) is 25.0 Å². The third kappa shape index (κ3) is 2.38. The van der Waals surface area contributed by atoms with Gasteiger partial charge in [0.15, 0.2) is 0 Å². The van der Waals surface area contributed by atoms with E-state index in [1.807, 2.05) is 6.07 Å². The lowest BCUT2D eigenvalue weighted by molar-refractivity contribution is 0.183. The summed E-state index contributed by atoms with van der Waals surface area (Å²) in [6.45, 7) is 4.30. The summed E-state index contributed by atoms with van der Waals surface area (Å²) in [6, 6.07) is 8.58. The van der Waals surface area contributed by atoms with Gasteiger partial charge in [-0.05, 0) is 30.9 Å². The topological polar surface area (TPSA) is 35.2 Å². The van der Waals surface area contributed by atoms with E-state index in [2.05, 4.69) is 32.0 Å². The molecular formula is C14H21NO. The van der Waals surface area contributed by atoms with Gasteiger partial charge < -0.3 is 10.5 Å². The minimum Gasteiger partial charge on any atom is -0.490 e. The molecule has 0 aromatic heterocycles. The van der Waals surface area contributed by atoms with Gasteiger partial charge >= 0.3 is 0 Å². The van der Waals surface area contributed by atoms with E-state index in [1.165, 1.54) is 5.56 Å². The van der Waals surface area contributed by atoms with Crippen LogP contribution in [0.1, 0.15) is 32.3 Å². The van der Waals surface area contributed by atoms with Crippen molar-refractivity contribution >= 4 is 0 Å². The summed E-state index contributed by atoms with van der Waals surface area (Å²) in [5, 5.41) is 0. The predicted molar refractivity (Wildman–Crippen MR) is 66.6 cm³/mol. The zero-order valence-electron chi connectivity index (χ0n) is 10.1. The van der Waals surface area contributed by atoms with Crippen molar-refractivity contribution in [3.8, 4) is 5.75 Å². The van der Waals surface area contributed by atoms with E-state index in [-0.39, 0.29) is 6.04 Å². The third-order valence-electron chi connectivity index (χ3n) is 3.55. The van der Waals surface area contributed by atoms with Crippen LogP contribution in [0, 0.1) is 5.92 Å². The molecule has 0 amide bonds. The molecule has 2 N–H and O–H groups in total. The van der Waals surface area contributed by atoms with Crippen molar-refractivity contribution in [1.29, 1.82) is 0 Å². The van der Waals surface area contributed by atoms with Gasteiger partial charge in [0.25, 0.3) is 0 Å². The van der Waals surface area contributed by atoms with Crippen molar-refractivity contribution in [1.82, 2.24) is 0 Å². The van der Waals surface area contributed by atoms with Gasteiger partial charge in [-0.25, -0.2) is 0 Å². The van der Waals surface area contributed by atoms with E-state index < -0.39 is 0 Å². The lowest BCUT2D eigenvalue weighted by atomic mass is 9.91. The molecule has 3 unspecified atom stereocenters. The summed E-state index contributed by atoms with van der Waals surface area (Å²) in [6.07, 6.45) is 3.57. The van der Waals surface area contributed by atoms with E-state index >= 15 is 0 Å². The van der Waals surface area contributed by atoms with Crippen molar-refractivity contribution in [2.24, 2.45) is 11.7 Å². The molecule has 3 atom stereocenters. The third-order valence-corrected chi connectivity index (χ3v) is 3.55. The molecule has 0 saturated carbocycles. The molecule has 0 saturated heterocycles. The second kappa shape index (κ2) is 4.88. The first kappa shape index (κ1) is 11.5. The van der Waals surface area contributed by atoms with Gasteiger partial charge in [-0.15, -0.1) is 0 Å². The highest BCUT2D eigenvalue weighted by Gasteiger charge is 2.26. The minimum absolute atomic E-state index is 0.261. The first-order chi connectivity index (χ1) is 7.70. The van der Waals surface area contributed by atoms with Crippen molar-refractivity contribution in [2.75, 3.05) is 0 Å². The molecule has 1 aliphatic heterocycles. The van der Waals surface area contributed by atoms with Crippen LogP contribution in [0.5, 0.6) is 5.75 Å². The number of benzene rings is 1. The molecule has 0 bridgehead atoms. The molecule has 16 heavy (non-hydrogen) atoms. The van der Waals surface area contributed by atoms with Gasteiger partial charge in [0.1, 0.15) is 11.9 Å². The average molecular weight is 219 g/mol. The van der Waals surface area contributed by atoms with Crippen LogP contribution in [0.15, 0.2) is 24.3 Å². The Hall–Kier alpha value is -1.02. The first-order valence-electron chi connectivity index (χ1n) is 6.20. The summed E-state index contributed by atoms with van der Waals surface area (Å²) in [4.78, 5) is 0. The molecule has 1 aliphatic rings. The zero-order chi connectivity index (χ0) is 11.5. The second-order valence-corrected chi connectivity index (χ2v) is 4.81. The summed E-state index contributed by atoms with van der Waals surface area (Å²) in [5.41, 5.74) is 7.31. The Morgan fingerprint density at radius 3 is 2.81 bits per heavy atom. The summed E-state index contributed by atoms with van der Waals surface area (Å²) in [7, 11) is 0. The van der Waals surface area contributed by atoms with E-state index in [1.54, 1.807) is 0 Å². The van der Waals surface area contributed by atoms with E-state index in [4.69, 9.17) is 10.5 Å². The number of fused-ring (bicyclic) bond motifs is 1. The molecule has 0 aliphatic carbocycles. The van der Waals surface area contributed by atoms with Gasteiger partial charge in [-0.3, -0.25) is 0 Å². The highest BCUT2D eigenvalue weighted by molar-refractivity contribution is 5.37. The molecule has 1 heterocycles. The van der Waals surface area contributed by atoms with Crippen LogP contribution < -0.4 is 10.5 Å². The molecule has 88 valence electrons. The maximum Gasteiger partial charge on any atom is 0.123 e. The van der Waals surface area contributed by atoms with Crippen LogP contribution in [0.25, 0.3) is 0 Å². The number of nitrogens with two attached hydrogens (primary N) is 1. The summed E-state index contributed by atoms with van der Waals surface area (Å²) >= 11 is 0. The largest absolute Gasteiger partial charge is 0.490 e. The molecule has 0 spiro atoms. The Morgan fingerprint density at radius 2 is 2.19 bits per heavy atom. The number of para-hydroxylation sites is 1. The second-order valence-electron chi connectivity index (χ2n) is 4.81.